The second-order valence-corrected chi connectivity index (χ2v) is 1.59. The van der Waals surface area contributed by atoms with Crippen molar-refractivity contribution in [2.24, 2.45) is 4.99 Å². The van der Waals surface area contributed by atoms with Gasteiger partial charge >= 0.3 is 0 Å². The van der Waals surface area contributed by atoms with E-state index in [1.807, 2.05) is 6.92 Å². The van der Waals surface area contributed by atoms with Crippen molar-refractivity contribution in [3.8, 4) is 0 Å². The van der Waals surface area contributed by atoms with Gasteiger partial charge < -0.3 is 0 Å². The fraction of sp³-hybridized carbons (Fsp3) is 0.667. The van der Waals surface area contributed by atoms with E-state index in [-0.39, 0.29) is 5.78 Å². The molecular formula is C6H11NO. The van der Waals surface area contributed by atoms with E-state index >= 15 is 0 Å². The summed E-state index contributed by atoms with van der Waals surface area (Å²) in [5.74, 6) is 0.132. The summed E-state index contributed by atoms with van der Waals surface area (Å²) < 4.78 is 0. The molecule has 0 aromatic rings. The SMILES string of the molecule is CCC(=O)C(C)=NC. The van der Waals surface area contributed by atoms with Gasteiger partial charge in [0.2, 0.25) is 0 Å². The monoisotopic (exact) mass is 113 g/mol. The Kier molecular flexibility index (Phi) is 3.08. The molecule has 8 heavy (non-hydrogen) atoms. The summed E-state index contributed by atoms with van der Waals surface area (Å²) >= 11 is 0. The predicted octanol–water partition coefficient (Wildman–Crippen LogP) is 1.06. The highest BCUT2D eigenvalue weighted by Crippen LogP contribution is 1.83. The molecule has 0 amide bonds. The molecule has 0 N–H and O–H groups in total. The second-order valence-electron chi connectivity index (χ2n) is 1.59. The van der Waals surface area contributed by atoms with Crippen molar-refractivity contribution in [3.63, 3.8) is 0 Å². The van der Waals surface area contributed by atoms with Crippen LogP contribution in [0, 0.1) is 0 Å². The lowest BCUT2D eigenvalue weighted by Gasteiger charge is -1.89. The zero-order valence-corrected chi connectivity index (χ0v) is 5.56. The molecule has 0 aromatic heterocycles. The summed E-state index contributed by atoms with van der Waals surface area (Å²) in [6.45, 7) is 3.56. The third kappa shape index (κ3) is 1.87. The van der Waals surface area contributed by atoms with Crippen LogP contribution >= 0.6 is 0 Å². The Hall–Kier alpha value is -0.660. The first-order chi connectivity index (χ1) is 3.72. The molecule has 0 spiro atoms. The van der Waals surface area contributed by atoms with Crippen molar-refractivity contribution in [1.29, 1.82) is 0 Å². The van der Waals surface area contributed by atoms with E-state index in [0.29, 0.717) is 12.1 Å². The number of nitrogens with zero attached hydrogens (tertiary/aromatic N) is 1. The highest BCUT2D eigenvalue weighted by atomic mass is 16.1. The molecular weight excluding hydrogens is 102 g/mol. The Morgan fingerprint density at radius 1 is 1.62 bits per heavy atom. The topological polar surface area (TPSA) is 29.4 Å². The molecule has 0 aliphatic carbocycles. The van der Waals surface area contributed by atoms with Crippen molar-refractivity contribution in [2.45, 2.75) is 20.3 Å². The molecule has 0 heterocycles. The van der Waals surface area contributed by atoms with Crippen LogP contribution < -0.4 is 0 Å². The third-order valence-corrected chi connectivity index (χ3v) is 1.06. The molecule has 0 fully saturated rings. The van der Waals surface area contributed by atoms with Crippen molar-refractivity contribution < 1.29 is 4.79 Å². The molecule has 0 saturated heterocycles. The van der Waals surface area contributed by atoms with Crippen LogP contribution in [-0.4, -0.2) is 18.5 Å². The molecule has 0 saturated carbocycles. The number of carbonyl (C=O) groups excluding carboxylic acids is 1. The number of ketones is 1. The van der Waals surface area contributed by atoms with E-state index in [1.165, 1.54) is 0 Å². The Bertz CT molecular complexity index is 116. The minimum atomic E-state index is 0.132. The molecule has 2 heteroatoms. The average Bonchev–Trinajstić information content (AvgIpc) is 1.84. The lowest BCUT2D eigenvalue weighted by atomic mass is 10.2. The van der Waals surface area contributed by atoms with Gasteiger partial charge in [-0.15, -0.1) is 0 Å². The molecule has 0 aliphatic rings. The number of hydrogen-bond donors (Lipinski definition) is 0. The molecule has 0 aliphatic heterocycles. The van der Waals surface area contributed by atoms with Gasteiger partial charge in [0.05, 0.1) is 5.71 Å². The van der Waals surface area contributed by atoms with Gasteiger partial charge in [-0.05, 0) is 6.92 Å². The molecule has 0 atom stereocenters. The van der Waals surface area contributed by atoms with Crippen LogP contribution in [0.3, 0.4) is 0 Å². The normalized spacial score (nSPS) is 11.6. The number of carbonyl (C=O) groups is 1. The van der Waals surface area contributed by atoms with Crippen LogP contribution in [0.4, 0.5) is 0 Å². The zero-order valence-electron chi connectivity index (χ0n) is 5.56. The zero-order chi connectivity index (χ0) is 6.57. The number of aliphatic imine (C=N–C) groups is 1. The minimum Gasteiger partial charge on any atom is -0.293 e. The van der Waals surface area contributed by atoms with Crippen molar-refractivity contribution >= 4 is 11.5 Å². The minimum absolute atomic E-state index is 0.132. The lowest BCUT2D eigenvalue weighted by Crippen LogP contribution is -2.07. The first-order valence-corrected chi connectivity index (χ1v) is 2.69. The highest BCUT2D eigenvalue weighted by molar-refractivity contribution is 6.38. The smallest absolute Gasteiger partial charge is 0.175 e. The summed E-state index contributed by atoms with van der Waals surface area (Å²) in [4.78, 5) is 14.3. The number of hydrogen-bond acceptors (Lipinski definition) is 2. The van der Waals surface area contributed by atoms with Gasteiger partial charge in [0.15, 0.2) is 5.78 Å². The summed E-state index contributed by atoms with van der Waals surface area (Å²) in [5.41, 5.74) is 0.618. The van der Waals surface area contributed by atoms with Crippen molar-refractivity contribution in [3.05, 3.63) is 0 Å². The van der Waals surface area contributed by atoms with E-state index in [2.05, 4.69) is 4.99 Å². The third-order valence-electron chi connectivity index (χ3n) is 1.06. The maximum atomic E-state index is 10.6. The molecule has 0 bridgehead atoms. The van der Waals surface area contributed by atoms with Gasteiger partial charge in [-0.25, -0.2) is 0 Å². The molecule has 0 radical (unpaired) electrons. The molecule has 2 nitrogen and oxygen atoms in total. The lowest BCUT2D eigenvalue weighted by molar-refractivity contribution is -0.112. The largest absolute Gasteiger partial charge is 0.293 e. The van der Waals surface area contributed by atoms with E-state index < -0.39 is 0 Å². The maximum Gasteiger partial charge on any atom is 0.175 e. The van der Waals surface area contributed by atoms with Crippen molar-refractivity contribution in [1.82, 2.24) is 0 Å². The maximum absolute atomic E-state index is 10.6. The van der Waals surface area contributed by atoms with Gasteiger partial charge in [-0.1, -0.05) is 6.92 Å². The molecule has 0 rings (SSSR count). The van der Waals surface area contributed by atoms with Crippen molar-refractivity contribution in [2.75, 3.05) is 7.05 Å². The van der Waals surface area contributed by atoms with Crippen LogP contribution in [0.15, 0.2) is 4.99 Å². The first-order valence-electron chi connectivity index (χ1n) is 2.69. The second kappa shape index (κ2) is 3.36. The fourth-order valence-electron chi connectivity index (χ4n) is 0.381. The summed E-state index contributed by atoms with van der Waals surface area (Å²) in [6, 6.07) is 0. The number of Topliss-reactive ketones (excluding diaryl/α,β-unsaturated/α-hetero) is 1. The predicted molar refractivity (Wildman–Crippen MR) is 34.3 cm³/mol. The van der Waals surface area contributed by atoms with E-state index in [4.69, 9.17) is 0 Å². The molecule has 46 valence electrons. The molecule has 0 unspecified atom stereocenters. The van der Waals surface area contributed by atoms with Crippen LogP contribution in [0.2, 0.25) is 0 Å². The van der Waals surface area contributed by atoms with Gasteiger partial charge in [0, 0.05) is 13.5 Å². The fourth-order valence-corrected chi connectivity index (χ4v) is 0.381. The summed E-state index contributed by atoms with van der Waals surface area (Å²) in [6.07, 6.45) is 0.559. The van der Waals surface area contributed by atoms with Crippen LogP contribution in [0.25, 0.3) is 0 Å². The van der Waals surface area contributed by atoms with E-state index in [9.17, 15) is 4.79 Å². The highest BCUT2D eigenvalue weighted by Gasteiger charge is 1.98. The standard InChI is InChI=1S/C6H11NO/c1-4-6(8)5(2)7-3/h4H2,1-3H3. The first kappa shape index (κ1) is 7.34. The van der Waals surface area contributed by atoms with Crippen LogP contribution in [-0.2, 0) is 4.79 Å². The van der Waals surface area contributed by atoms with Crippen LogP contribution in [0.5, 0.6) is 0 Å². The number of rotatable bonds is 2. The molecule has 0 aromatic carbocycles. The van der Waals surface area contributed by atoms with Crippen LogP contribution in [0.1, 0.15) is 20.3 Å². The van der Waals surface area contributed by atoms with Gasteiger partial charge in [0.25, 0.3) is 0 Å². The van der Waals surface area contributed by atoms with Gasteiger partial charge in [-0.2, -0.15) is 0 Å². The Morgan fingerprint density at radius 3 is 2.25 bits per heavy atom. The Morgan fingerprint density at radius 2 is 2.12 bits per heavy atom. The Balaban J connectivity index is 3.83. The van der Waals surface area contributed by atoms with Gasteiger partial charge in [-0.3, -0.25) is 9.79 Å². The van der Waals surface area contributed by atoms with E-state index in [0.717, 1.165) is 0 Å². The van der Waals surface area contributed by atoms with Gasteiger partial charge in [0.1, 0.15) is 0 Å². The average molecular weight is 113 g/mol. The summed E-state index contributed by atoms with van der Waals surface area (Å²) in [5, 5.41) is 0. The quantitative estimate of drug-likeness (QED) is 0.492. The Labute approximate surface area is 49.6 Å². The summed E-state index contributed by atoms with van der Waals surface area (Å²) in [7, 11) is 1.63. The van der Waals surface area contributed by atoms with E-state index in [1.54, 1.807) is 14.0 Å².